The van der Waals surface area contributed by atoms with Gasteiger partial charge in [0.25, 0.3) is 5.91 Å². The van der Waals surface area contributed by atoms with Gasteiger partial charge in [0, 0.05) is 6.54 Å². The first-order valence-corrected chi connectivity index (χ1v) is 9.15. The lowest BCUT2D eigenvalue weighted by molar-refractivity contribution is -0.117. The Bertz CT molecular complexity index is 986. The Hall–Kier alpha value is -3.80. The smallest absolute Gasteiger partial charge is 0.387 e. The second kappa shape index (κ2) is 11.4. The number of alkyl halides is 2. The SMILES string of the molecule is COc1ccc(CCNC(=O)/C(C#N)=C/c2ccc(OC)c(OC(F)F)c2)cc1OC. The first-order valence-electron chi connectivity index (χ1n) is 9.15. The van der Waals surface area contributed by atoms with Gasteiger partial charge in [-0.1, -0.05) is 12.1 Å². The van der Waals surface area contributed by atoms with Crippen molar-refractivity contribution in [3.63, 3.8) is 0 Å². The highest BCUT2D eigenvalue weighted by molar-refractivity contribution is 6.01. The molecule has 1 amide bonds. The van der Waals surface area contributed by atoms with Crippen molar-refractivity contribution in [2.24, 2.45) is 0 Å². The number of hydrogen-bond acceptors (Lipinski definition) is 6. The second-order valence-electron chi connectivity index (χ2n) is 6.15. The number of benzene rings is 2. The molecule has 0 unspecified atom stereocenters. The van der Waals surface area contributed by atoms with Crippen LogP contribution in [0.1, 0.15) is 11.1 Å². The van der Waals surface area contributed by atoms with E-state index in [2.05, 4.69) is 10.1 Å². The first kappa shape index (κ1) is 23.5. The number of nitrogens with one attached hydrogen (secondary N) is 1. The van der Waals surface area contributed by atoms with Crippen LogP contribution in [0.25, 0.3) is 6.08 Å². The molecule has 0 aliphatic rings. The highest BCUT2D eigenvalue weighted by Gasteiger charge is 2.13. The van der Waals surface area contributed by atoms with Gasteiger partial charge >= 0.3 is 6.61 Å². The minimum Gasteiger partial charge on any atom is -0.493 e. The fourth-order valence-electron chi connectivity index (χ4n) is 2.74. The molecule has 9 heteroatoms. The Balaban J connectivity index is 2.07. The zero-order chi connectivity index (χ0) is 22.8. The van der Waals surface area contributed by atoms with Gasteiger partial charge in [-0.15, -0.1) is 0 Å². The summed E-state index contributed by atoms with van der Waals surface area (Å²) in [4.78, 5) is 12.4. The van der Waals surface area contributed by atoms with E-state index in [1.807, 2.05) is 12.1 Å². The Labute approximate surface area is 178 Å². The maximum Gasteiger partial charge on any atom is 0.387 e. The van der Waals surface area contributed by atoms with Gasteiger partial charge in [-0.05, 0) is 47.9 Å². The van der Waals surface area contributed by atoms with E-state index in [4.69, 9.17) is 14.2 Å². The van der Waals surface area contributed by atoms with Crippen molar-refractivity contribution in [2.45, 2.75) is 13.0 Å². The zero-order valence-electron chi connectivity index (χ0n) is 17.3. The number of rotatable bonds is 10. The van der Waals surface area contributed by atoms with E-state index in [1.165, 1.54) is 38.5 Å². The summed E-state index contributed by atoms with van der Waals surface area (Å²) >= 11 is 0. The second-order valence-corrected chi connectivity index (χ2v) is 6.15. The van der Waals surface area contributed by atoms with E-state index < -0.39 is 12.5 Å². The van der Waals surface area contributed by atoms with E-state index in [9.17, 15) is 18.8 Å². The van der Waals surface area contributed by atoms with E-state index in [1.54, 1.807) is 19.2 Å². The fourth-order valence-corrected chi connectivity index (χ4v) is 2.74. The number of carbonyl (C=O) groups is 1. The Morgan fingerprint density at radius 1 is 1.03 bits per heavy atom. The maximum atomic E-state index is 12.6. The molecule has 0 heterocycles. The van der Waals surface area contributed by atoms with Gasteiger partial charge in [0.05, 0.1) is 21.3 Å². The van der Waals surface area contributed by atoms with Crippen molar-refractivity contribution in [1.29, 1.82) is 5.26 Å². The quantitative estimate of drug-likeness (QED) is 0.456. The van der Waals surface area contributed by atoms with Crippen LogP contribution in [-0.4, -0.2) is 40.4 Å². The summed E-state index contributed by atoms with van der Waals surface area (Å²) in [5, 5.41) is 12.0. The van der Waals surface area contributed by atoms with Gasteiger partial charge in [-0.3, -0.25) is 4.79 Å². The molecule has 31 heavy (non-hydrogen) atoms. The fraction of sp³-hybridized carbons (Fsp3) is 0.273. The molecule has 7 nitrogen and oxygen atoms in total. The Morgan fingerprint density at radius 3 is 2.29 bits per heavy atom. The number of nitrogens with zero attached hydrogens (tertiary/aromatic N) is 1. The van der Waals surface area contributed by atoms with Gasteiger partial charge in [-0.2, -0.15) is 14.0 Å². The topological polar surface area (TPSA) is 89.8 Å². The van der Waals surface area contributed by atoms with Crippen LogP contribution >= 0.6 is 0 Å². The van der Waals surface area contributed by atoms with Crippen LogP contribution in [-0.2, 0) is 11.2 Å². The van der Waals surface area contributed by atoms with Crippen molar-refractivity contribution in [3.8, 4) is 29.1 Å². The molecule has 0 fully saturated rings. The van der Waals surface area contributed by atoms with Crippen LogP contribution < -0.4 is 24.3 Å². The Kier molecular flexibility index (Phi) is 8.64. The van der Waals surface area contributed by atoms with E-state index in [0.29, 0.717) is 23.5 Å². The largest absolute Gasteiger partial charge is 0.493 e. The average molecular weight is 432 g/mol. The summed E-state index contributed by atoms with van der Waals surface area (Å²) in [6.07, 6.45) is 1.78. The molecule has 164 valence electrons. The molecule has 0 atom stereocenters. The number of nitriles is 1. The van der Waals surface area contributed by atoms with Crippen molar-refractivity contribution >= 4 is 12.0 Å². The molecule has 1 N–H and O–H groups in total. The lowest BCUT2D eigenvalue weighted by Gasteiger charge is -2.11. The molecule has 0 bridgehead atoms. The number of ether oxygens (including phenoxy) is 4. The normalized spacial score (nSPS) is 10.9. The minimum absolute atomic E-state index is 0.107. The lowest BCUT2D eigenvalue weighted by atomic mass is 10.1. The van der Waals surface area contributed by atoms with E-state index in [0.717, 1.165) is 5.56 Å². The van der Waals surface area contributed by atoms with Crippen LogP contribution in [0.4, 0.5) is 8.78 Å². The van der Waals surface area contributed by atoms with Gasteiger partial charge in [0.1, 0.15) is 11.6 Å². The highest BCUT2D eigenvalue weighted by atomic mass is 19.3. The molecule has 0 saturated heterocycles. The third kappa shape index (κ3) is 6.60. The van der Waals surface area contributed by atoms with Crippen molar-refractivity contribution < 1.29 is 32.5 Å². The van der Waals surface area contributed by atoms with Crippen molar-refractivity contribution in [1.82, 2.24) is 5.32 Å². The van der Waals surface area contributed by atoms with Crippen LogP contribution in [0.15, 0.2) is 42.0 Å². The molecule has 2 rings (SSSR count). The number of amides is 1. The summed E-state index contributed by atoms with van der Waals surface area (Å²) in [5.41, 5.74) is 1.06. The summed E-state index contributed by atoms with van der Waals surface area (Å²) in [6, 6.07) is 11.4. The molecule has 0 radical (unpaired) electrons. The molecule has 2 aromatic carbocycles. The van der Waals surface area contributed by atoms with Crippen molar-refractivity contribution in [2.75, 3.05) is 27.9 Å². The maximum absolute atomic E-state index is 12.6. The molecule has 0 aliphatic carbocycles. The molecule has 0 aromatic heterocycles. The molecule has 0 aliphatic heterocycles. The zero-order valence-corrected chi connectivity index (χ0v) is 17.3. The van der Waals surface area contributed by atoms with Crippen LogP contribution in [0, 0.1) is 11.3 Å². The first-order chi connectivity index (χ1) is 14.9. The molecule has 0 saturated carbocycles. The number of carbonyl (C=O) groups excluding carboxylic acids is 1. The standard InChI is InChI=1S/C22H22F2N2O5/c1-28-17-6-4-14(11-19(17)30-3)8-9-26-21(27)16(13-25)10-15-5-7-18(29-2)20(12-15)31-22(23)24/h4-7,10-12,22H,8-9H2,1-3H3,(H,26,27)/b16-10+. The summed E-state index contributed by atoms with van der Waals surface area (Å²) in [5.74, 6) is 0.493. The molecule has 2 aromatic rings. The minimum atomic E-state index is -3.04. The highest BCUT2D eigenvalue weighted by Crippen LogP contribution is 2.30. The summed E-state index contributed by atoms with van der Waals surface area (Å²) < 4.78 is 44.9. The van der Waals surface area contributed by atoms with Gasteiger partial charge in [0.2, 0.25) is 0 Å². The monoisotopic (exact) mass is 432 g/mol. The number of hydrogen-bond donors (Lipinski definition) is 1. The van der Waals surface area contributed by atoms with Gasteiger partial charge in [0.15, 0.2) is 23.0 Å². The number of methoxy groups -OCH3 is 3. The third-order valence-electron chi connectivity index (χ3n) is 4.23. The predicted molar refractivity (Wildman–Crippen MR) is 109 cm³/mol. The van der Waals surface area contributed by atoms with Crippen molar-refractivity contribution in [3.05, 3.63) is 53.1 Å². The predicted octanol–water partition coefficient (Wildman–Crippen LogP) is 3.58. The summed E-state index contributed by atoms with van der Waals surface area (Å²) in [7, 11) is 4.39. The van der Waals surface area contributed by atoms with Gasteiger partial charge in [-0.25, -0.2) is 0 Å². The lowest BCUT2D eigenvalue weighted by Crippen LogP contribution is -2.26. The van der Waals surface area contributed by atoms with Gasteiger partial charge < -0.3 is 24.3 Å². The molecular weight excluding hydrogens is 410 g/mol. The van der Waals surface area contributed by atoms with Crippen LogP contribution in [0.2, 0.25) is 0 Å². The average Bonchev–Trinajstić information content (AvgIpc) is 2.76. The number of halogens is 2. The third-order valence-corrected chi connectivity index (χ3v) is 4.23. The van der Waals surface area contributed by atoms with E-state index in [-0.39, 0.29) is 23.6 Å². The summed E-state index contributed by atoms with van der Waals surface area (Å²) in [6.45, 7) is -2.76. The van der Waals surface area contributed by atoms with E-state index >= 15 is 0 Å². The van der Waals surface area contributed by atoms with Crippen LogP contribution in [0.3, 0.4) is 0 Å². The Morgan fingerprint density at radius 2 is 1.68 bits per heavy atom. The molecule has 0 spiro atoms. The van der Waals surface area contributed by atoms with Crippen LogP contribution in [0.5, 0.6) is 23.0 Å². The molecular formula is C22H22F2N2O5.